The van der Waals surface area contributed by atoms with Crippen LogP contribution in [0.4, 0.5) is 5.69 Å². The Hall–Kier alpha value is -3.55. The Kier molecular flexibility index (Phi) is 5.49. The normalized spacial score (nSPS) is 10.7. The third-order valence-corrected chi connectivity index (χ3v) is 4.60. The van der Waals surface area contributed by atoms with Crippen LogP contribution in [0.25, 0.3) is 10.9 Å². The number of amides is 2. The number of aromatic nitrogens is 3. The molecule has 0 radical (unpaired) electrons. The highest BCUT2D eigenvalue weighted by atomic mass is 16.2. The van der Waals surface area contributed by atoms with Gasteiger partial charge in [0.15, 0.2) is 0 Å². The van der Waals surface area contributed by atoms with Crippen LogP contribution >= 0.6 is 0 Å². The highest BCUT2D eigenvalue weighted by molar-refractivity contribution is 5.95. The Morgan fingerprint density at radius 1 is 1.11 bits per heavy atom. The number of anilines is 1. The summed E-state index contributed by atoms with van der Waals surface area (Å²) in [5, 5.41) is 11.0. The maximum atomic E-state index is 12.4. The second-order valence-corrected chi connectivity index (χ2v) is 6.61. The summed E-state index contributed by atoms with van der Waals surface area (Å²) in [5.41, 5.74) is 2.83. The molecule has 144 valence electrons. The molecule has 0 aliphatic heterocycles. The number of aryl methyl sites for hydroxylation is 1. The zero-order valence-electron chi connectivity index (χ0n) is 16.0. The van der Waals surface area contributed by atoms with Gasteiger partial charge in [-0.25, -0.2) is 4.68 Å². The molecule has 8 heteroatoms. The van der Waals surface area contributed by atoms with E-state index in [0.29, 0.717) is 16.6 Å². The first-order chi connectivity index (χ1) is 13.4. The van der Waals surface area contributed by atoms with E-state index in [4.69, 9.17) is 0 Å². The molecule has 0 atom stereocenters. The van der Waals surface area contributed by atoms with Crippen molar-refractivity contribution >= 4 is 28.4 Å². The highest BCUT2D eigenvalue weighted by Crippen LogP contribution is 2.17. The summed E-state index contributed by atoms with van der Waals surface area (Å²) in [7, 11) is 1.50. The Balaban J connectivity index is 1.66. The van der Waals surface area contributed by atoms with Gasteiger partial charge in [0.25, 0.3) is 5.56 Å². The van der Waals surface area contributed by atoms with Crippen LogP contribution < -0.4 is 10.9 Å². The molecule has 2 aromatic carbocycles. The third kappa shape index (κ3) is 4.06. The zero-order chi connectivity index (χ0) is 20.3. The van der Waals surface area contributed by atoms with Gasteiger partial charge >= 0.3 is 0 Å². The molecule has 0 spiro atoms. The topological polar surface area (TPSA) is 97.2 Å². The van der Waals surface area contributed by atoms with E-state index in [0.717, 1.165) is 15.8 Å². The molecule has 3 aromatic rings. The Bertz CT molecular complexity index is 1110. The summed E-state index contributed by atoms with van der Waals surface area (Å²) in [6, 6.07) is 12.4. The molecule has 0 fully saturated rings. The molecule has 0 aliphatic carbocycles. The molecule has 8 nitrogen and oxygen atoms in total. The quantitative estimate of drug-likeness (QED) is 0.725. The Labute approximate surface area is 161 Å². The van der Waals surface area contributed by atoms with Crippen LogP contribution in [0, 0.1) is 13.8 Å². The number of hydrogen-bond acceptors (Lipinski definition) is 5. The molecule has 1 heterocycles. The average Bonchev–Trinajstić information content (AvgIpc) is 2.67. The second kappa shape index (κ2) is 7.99. The molecular formula is C20H21N5O3. The van der Waals surface area contributed by atoms with Crippen molar-refractivity contribution in [2.75, 3.05) is 18.9 Å². The molecule has 1 aromatic heterocycles. The minimum absolute atomic E-state index is 0.137. The third-order valence-electron chi connectivity index (χ3n) is 4.60. The molecule has 1 N–H and O–H groups in total. The Morgan fingerprint density at radius 2 is 1.86 bits per heavy atom. The van der Waals surface area contributed by atoms with Crippen LogP contribution in [0.3, 0.4) is 0 Å². The van der Waals surface area contributed by atoms with Gasteiger partial charge in [0, 0.05) is 12.7 Å². The summed E-state index contributed by atoms with van der Waals surface area (Å²) in [6.07, 6.45) is 0. The molecule has 0 saturated heterocycles. The standard InChI is InChI=1S/C20H21N5O3/c1-13-7-6-10-16(14(13)2)21-18(26)11-24(3)19(27)12-25-20(28)15-8-4-5-9-17(15)22-23-25/h4-10H,11-12H2,1-3H3,(H,21,26). The van der Waals surface area contributed by atoms with E-state index >= 15 is 0 Å². The van der Waals surface area contributed by atoms with Gasteiger partial charge in [-0.1, -0.05) is 29.5 Å². The summed E-state index contributed by atoms with van der Waals surface area (Å²) in [6.45, 7) is 3.46. The molecule has 0 saturated carbocycles. The van der Waals surface area contributed by atoms with E-state index in [1.165, 1.54) is 11.9 Å². The van der Waals surface area contributed by atoms with Crippen LogP contribution in [-0.4, -0.2) is 45.3 Å². The van der Waals surface area contributed by atoms with Crippen molar-refractivity contribution in [1.29, 1.82) is 0 Å². The summed E-state index contributed by atoms with van der Waals surface area (Å²) < 4.78 is 1.00. The average molecular weight is 379 g/mol. The lowest BCUT2D eigenvalue weighted by atomic mass is 10.1. The number of fused-ring (bicyclic) bond motifs is 1. The van der Waals surface area contributed by atoms with Gasteiger partial charge in [-0.2, -0.15) is 0 Å². The maximum absolute atomic E-state index is 12.4. The molecule has 3 rings (SSSR count). The van der Waals surface area contributed by atoms with E-state index in [1.54, 1.807) is 24.3 Å². The number of benzene rings is 2. The summed E-state index contributed by atoms with van der Waals surface area (Å²) in [4.78, 5) is 38.4. The van der Waals surface area contributed by atoms with Crippen LogP contribution in [0.15, 0.2) is 47.3 Å². The summed E-state index contributed by atoms with van der Waals surface area (Å²) in [5.74, 6) is -0.732. The minimum Gasteiger partial charge on any atom is -0.335 e. The molecule has 0 bridgehead atoms. The molecular weight excluding hydrogens is 358 g/mol. The van der Waals surface area contributed by atoms with Crippen molar-refractivity contribution in [3.8, 4) is 0 Å². The highest BCUT2D eigenvalue weighted by Gasteiger charge is 2.16. The lowest BCUT2D eigenvalue weighted by molar-refractivity contribution is -0.134. The largest absolute Gasteiger partial charge is 0.335 e. The van der Waals surface area contributed by atoms with E-state index in [1.807, 2.05) is 32.0 Å². The van der Waals surface area contributed by atoms with Gasteiger partial charge in [-0.15, -0.1) is 5.10 Å². The van der Waals surface area contributed by atoms with Crippen LogP contribution in [0.1, 0.15) is 11.1 Å². The first kappa shape index (κ1) is 19.2. The number of carbonyl (C=O) groups excluding carboxylic acids is 2. The fourth-order valence-electron chi connectivity index (χ4n) is 2.76. The first-order valence-corrected chi connectivity index (χ1v) is 8.79. The SMILES string of the molecule is Cc1cccc(NC(=O)CN(C)C(=O)Cn2nnc3ccccc3c2=O)c1C. The van der Waals surface area contributed by atoms with E-state index in [9.17, 15) is 14.4 Å². The molecule has 0 aliphatic rings. The minimum atomic E-state index is -0.414. The van der Waals surface area contributed by atoms with Gasteiger partial charge in [0.05, 0.1) is 11.9 Å². The molecule has 2 amide bonds. The number of likely N-dealkylation sites (N-methyl/N-ethyl adjacent to an activating group) is 1. The van der Waals surface area contributed by atoms with Gasteiger partial charge in [0.1, 0.15) is 12.1 Å². The summed E-state index contributed by atoms with van der Waals surface area (Å²) >= 11 is 0. The zero-order valence-corrected chi connectivity index (χ0v) is 16.0. The van der Waals surface area contributed by atoms with Crippen LogP contribution in [0.2, 0.25) is 0 Å². The van der Waals surface area contributed by atoms with Crippen molar-refractivity contribution in [2.24, 2.45) is 0 Å². The number of hydrogen-bond donors (Lipinski definition) is 1. The van der Waals surface area contributed by atoms with Crippen molar-refractivity contribution in [1.82, 2.24) is 19.9 Å². The fraction of sp³-hybridized carbons (Fsp3) is 0.250. The van der Waals surface area contributed by atoms with Gasteiger partial charge in [-0.05, 0) is 43.2 Å². The Morgan fingerprint density at radius 3 is 2.64 bits per heavy atom. The predicted octanol–water partition coefficient (Wildman–Crippen LogP) is 1.51. The smallest absolute Gasteiger partial charge is 0.278 e. The molecule has 28 heavy (non-hydrogen) atoms. The maximum Gasteiger partial charge on any atom is 0.278 e. The number of nitrogens with zero attached hydrogens (tertiary/aromatic N) is 4. The predicted molar refractivity (Wildman–Crippen MR) is 106 cm³/mol. The fourth-order valence-corrected chi connectivity index (χ4v) is 2.76. The van der Waals surface area contributed by atoms with Crippen molar-refractivity contribution in [2.45, 2.75) is 20.4 Å². The van der Waals surface area contributed by atoms with Crippen molar-refractivity contribution in [3.63, 3.8) is 0 Å². The number of carbonyl (C=O) groups is 2. The van der Waals surface area contributed by atoms with E-state index in [-0.39, 0.29) is 19.0 Å². The van der Waals surface area contributed by atoms with E-state index < -0.39 is 11.5 Å². The van der Waals surface area contributed by atoms with Gasteiger partial charge < -0.3 is 10.2 Å². The molecule has 0 unspecified atom stereocenters. The monoisotopic (exact) mass is 379 g/mol. The van der Waals surface area contributed by atoms with Gasteiger partial charge in [0.2, 0.25) is 11.8 Å². The van der Waals surface area contributed by atoms with Gasteiger partial charge in [-0.3, -0.25) is 14.4 Å². The van der Waals surface area contributed by atoms with Crippen molar-refractivity contribution in [3.05, 3.63) is 63.9 Å². The van der Waals surface area contributed by atoms with Crippen LogP contribution in [-0.2, 0) is 16.1 Å². The number of nitrogens with one attached hydrogen (secondary N) is 1. The lowest BCUT2D eigenvalue weighted by Crippen LogP contribution is -2.39. The lowest BCUT2D eigenvalue weighted by Gasteiger charge is -2.18. The number of rotatable bonds is 5. The van der Waals surface area contributed by atoms with Crippen molar-refractivity contribution < 1.29 is 9.59 Å². The second-order valence-electron chi connectivity index (χ2n) is 6.61. The first-order valence-electron chi connectivity index (χ1n) is 8.79. The van der Waals surface area contributed by atoms with Crippen LogP contribution in [0.5, 0.6) is 0 Å². The van der Waals surface area contributed by atoms with E-state index in [2.05, 4.69) is 15.6 Å².